The number of nitrogens with one attached hydrogen (secondary N) is 1. The van der Waals surface area contributed by atoms with Crippen molar-refractivity contribution in [1.82, 2.24) is 10.2 Å². The van der Waals surface area contributed by atoms with Crippen LogP contribution >= 0.6 is 0 Å². The highest BCUT2D eigenvalue weighted by Crippen LogP contribution is 2.40. The largest absolute Gasteiger partial charge is 0.480 e. The van der Waals surface area contributed by atoms with Gasteiger partial charge in [0.2, 0.25) is 5.91 Å². The van der Waals surface area contributed by atoms with Crippen molar-refractivity contribution < 1.29 is 19.1 Å². The van der Waals surface area contributed by atoms with E-state index >= 15 is 0 Å². The van der Waals surface area contributed by atoms with Crippen molar-refractivity contribution in [2.45, 2.75) is 44.1 Å². The third kappa shape index (κ3) is 4.32. The highest BCUT2D eigenvalue weighted by atomic mass is 19.1. The van der Waals surface area contributed by atoms with Crippen molar-refractivity contribution in [3.63, 3.8) is 0 Å². The normalized spacial score (nSPS) is 17.7. The van der Waals surface area contributed by atoms with E-state index in [0.29, 0.717) is 6.54 Å². The monoisotopic (exact) mass is 336 g/mol. The molecule has 6 heteroatoms. The number of nitrogens with zero attached hydrogens (tertiary/aromatic N) is 1. The molecule has 1 saturated carbocycles. The van der Waals surface area contributed by atoms with Crippen molar-refractivity contribution >= 4 is 11.9 Å². The van der Waals surface area contributed by atoms with Gasteiger partial charge in [-0.3, -0.25) is 14.5 Å². The molecule has 0 aromatic heterocycles. The molecule has 1 atom stereocenters. The van der Waals surface area contributed by atoms with Crippen LogP contribution in [0.15, 0.2) is 24.3 Å². The molecule has 0 aliphatic heterocycles. The molecule has 1 aromatic carbocycles. The standard InChI is InChI=1S/C18H25FN2O3/c1-13(17(23)24)21(2)11-16(22)20-12-18(9-3-4-10-18)14-5-7-15(19)8-6-14/h5-8,13H,3-4,9-12H2,1-2H3,(H,20,22)(H,23,24). The van der Waals surface area contributed by atoms with E-state index in [4.69, 9.17) is 5.11 Å². The third-order valence-electron chi connectivity index (χ3n) is 5.05. The summed E-state index contributed by atoms with van der Waals surface area (Å²) in [5.41, 5.74) is 0.898. The molecule has 0 spiro atoms. The average Bonchev–Trinajstić information content (AvgIpc) is 3.02. The zero-order chi connectivity index (χ0) is 17.7. The van der Waals surface area contributed by atoms with E-state index in [1.165, 1.54) is 17.0 Å². The number of carboxylic acid groups (broad SMARTS) is 1. The van der Waals surface area contributed by atoms with Crippen LogP contribution in [0, 0.1) is 5.82 Å². The Bertz CT molecular complexity index is 582. The van der Waals surface area contributed by atoms with Gasteiger partial charge in [-0.1, -0.05) is 25.0 Å². The van der Waals surface area contributed by atoms with Gasteiger partial charge in [0.15, 0.2) is 0 Å². The van der Waals surface area contributed by atoms with Gasteiger partial charge in [0.25, 0.3) is 0 Å². The summed E-state index contributed by atoms with van der Waals surface area (Å²) in [6.45, 7) is 2.08. The van der Waals surface area contributed by atoms with Gasteiger partial charge in [0.1, 0.15) is 11.9 Å². The lowest BCUT2D eigenvalue weighted by molar-refractivity contribution is -0.142. The smallest absolute Gasteiger partial charge is 0.320 e. The third-order valence-corrected chi connectivity index (χ3v) is 5.05. The molecule has 5 nitrogen and oxygen atoms in total. The molecule has 1 aliphatic carbocycles. The first-order valence-corrected chi connectivity index (χ1v) is 8.30. The minimum Gasteiger partial charge on any atom is -0.480 e. The predicted octanol–water partition coefficient (Wildman–Crippen LogP) is 2.16. The molecule has 1 amide bonds. The summed E-state index contributed by atoms with van der Waals surface area (Å²) in [6.07, 6.45) is 4.09. The van der Waals surface area contributed by atoms with Crippen LogP contribution in [0.4, 0.5) is 4.39 Å². The van der Waals surface area contributed by atoms with Crippen molar-refractivity contribution in [3.8, 4) is 0 Å². The molecule has 0 saturated heterocycles. The number of halogens is 1. The first-order valence-electron chi connectivity index (χ1n) is 8.30. The predicted molar refractivity (Wildman–Crippen MR) is 89.3 cm³/mol. The number of carbonyl (C=O) groups is 2. The number of benzene rings is 1. The van der Waals surface area contributed by atoms with Crippen LogP contribution in [0.2, 0.25) is 0 Å². The van der Waals surface area contributed by atoms with Crippen LogP contribution in [-0.2, 0) is 15.0 Å². The number of aliphatic carboxylic acids is 1. The fourth-order valence-corrected chi connectivity index (χ4v) is 3.30. The summed E-state index contributed by atoms with van der Waals surface area (Å²) in [6, 6.07) is 5.80. The van der Waals surface area contributed by atoms with Crippen LogP contribution in [0.5, 0.6) is 0 Å². The summed E-state index contributed by atoms with van der Waals surface area (Å²) in [5.74, 6) is -1.41. The SMILES string of the molecule is CC(C(=O)O)N(C)CC(=O)NCC1(c2ccc(F)cc2)CCCC1. The second-order valence-electron chi connectivity index (χ2n) is 6.70. The van der Waals surface area contributed by atoms with Crippen molar-refractivity contribution in [2.75, 3.05) is 20.1 Å². The molecule has 1 aromatic rings. The molecule has 132 valence electrons. The maximum atomic E-state index is 13.2. The number of amides is 1. The number of rotatable bonds is 7. The summed E-state index contributed by atoms with van der Waals surface area (Å²) in [5, 5.41) is 11.9. The molecule has 0 heterocycles. The Morgan fingerprint density at radius 1 is 1.29 bits per heavy atom. The van der Waals surface area contributed by atoms with Crippen molar-refractivity contribution in [2.24, 2.45) is 0 Å². The Morgan fingerprint density at radius 3 is 2.42 bits per heavy atom. The van der Waals surface area contributed by atoms with Gasteiger partial charge < -0.3 is 10.4 Å². The van der Waals surface area contributed by atoms with E-state index in [1.807, 2.05) is 0 Å². The van der Waals surface area contributed by atoms with Crippen LogP contribution in [-0.4, -0.2) is 48.1 Å². The second kappa shape index (κ2) is 7.75. The zero-order valence-electron chi connectivity index (χ0n) is 14.2. The molecule has 1 fully saturated rings. The molecule has 2 rings (SSSR count). The van der Waals surface area contributed by atoms with E-state index in [-0.39, 0.29) is 23.7 Å². The van der Waals surface area contributed by atoms with Gasteiger partial charge >= 0.3 is 5.97 Å². The van der Waals surface area contributed by atoms with Gasteiger partial charge in [-0.05, 0) is 44.5 Å². The number of carbonyl (C=O) groups excluding carboxylic acids is 1. The van der Waals surface area contributed by atoms with E-state index in [2.05, 4.69) is 5.32 Å². The molecule has 24 heavy (non-hydrogen) atoms. The summed E-state index contributed by atoms with van der Waals surface area (Å²) >= 11 is 0. The van der Waals surface area contributed by atoms with Gasteiger partial charge in [-0.15, -0.1) is 0 Å². The van der Waals surface area contributed by atoms with Gasteiger partial charge in [-0.2, -0.15) is 0 Å². The summed E-state index contributed by atoms with van der Waals surface area (Å²) < 4.78 is 13.2. The van der Waals surface area contributed by atoms with Crippen LogP contribution < -0.4 is 5.32 Å². The molecule has 1 unspecified atom stereocenters. The molecule has 1 aliphatic rings. The van der Waals surface area contributed by atoms with Crippen LogP contribution in [0.1, 0.15) is 38.2 Å². The minimum atomic E-state index is -0.955. The molecule has 0 bridgehead atoms. The lowest BCUT2D eigenvalue weighted by atomic mass is 9.79. The van der Waals surface area contributed by atoms with Crippen LogP contribution in [0.25, 0.3) is 0 Å². The van der Waals surface area contributed by atoms with E-state index < -0.39 is 12.0 Å². The van der Waals surface area contributed by atoms with E-state index in [1.54, 1.807) is 26.1 Å². The van der Waals surface area contributed by atoms with Gasteiger partial charge in [0.05, 0.1) is 6.54 Å². The van der Waals surface area contributed by atoms with Gasteiger partial charge in [0, 0.05) is 12.0 Å². The lowest BCUT2D eigenvalue weighted by Gasteiger charge is -2.30. The quantitative estimate of drug-likeness (QED) is 0.800. The molecule has 2 N–H and O–H groups in total. The Balaban J connectivity index is 1.98. The fourth-order valence-electron chi connectivity index (χ4n) is 3.30. The lowest BCUT2D eigenvalue weighted by Crippen LogP contribution is -2.46. The number of hydrogen-bond donors (Lipinski definition) is 2. The van der Waals surface area contributed by atoms with E-state index in [0.717, 1.165) is 31.2 Å². The highest BCUT2D eigenvalue weighted by Gasteiger charge is 2.36. The van der Waals surface area contributed by atoms with E-state index in [9.17, 15) is 14.0 Å². The molecular formula is C18H25FN2O3. The first-order chi connectivity index (χ1) is 11.3. The number of carboxylic acids is 1. The zero-order valence-corrected chi connectivity index (χ0v) is 14.2. The maximum Gasteiger partial charge on any atom is 0.320 e. The Labute approximate surface area is 141 Å². The second-order valence-corrected chi connectivity index (χ2v) is 6.70. The number of hydrogen-bond acceptors (Lipinski definition) is 3. The number of likely N-dealkylation sites (N-methyl/N-ethyl adjacent to an activating group) is 1. The first kappa shape index (κ1) is 18.4. The Hall–Kier alpha value is -1.95. The van der Waals surface area contributed by atoms with Gasteiger partial charge in [-0.25, -0.2) is 4.39 Å². The van der Waals surface area contributed by atoms with Crippen molar-refractivity contribution in [1.29, 1.82) is 0 Å². The average molecular weight is 336 g/mol. The topological polar surface area (TPSA) is 69.6 Å². The fraction of sp³-hybridized carbons (Fsp3) is 0.556. The summed E-state index contributed by atoms with van der Waals surface area (Å²) in [7, 11) is 1.61. The molecule has 0 radical (unpaired) electrons. The molecular weight excluding hydrogens is 311 g/mol. The maximum absolute atomic E-state index is 13.2. The summed E-state index contributed by atoms with van der Waals surface area (Å²) in [4.78, 5) is 24.6. The van der Waals surface area contributed by atoms with Crippen LogP contribution in [0.3, 0.4) is 0 Å². The Morgan fingerprint density at radius 2 is 1.88 bits per heavy atom. The Kier molecular flexibility index (Phi) is 5.94. The minimum absolute atomic E-state index is 0.0347. The van der Waals surface area contributed by atoms with Crippen molar-refractivity contribution in [3.05, 3.63) is 35.6 Å². The highest BCUT2D eigenvalue weighted by molar-refractivity contribution is 5.79.